The van der Waals surface area contributed by atoms with Crippen molar-refractivity contribution in [1.29, 1.82) is 0 Å². The van der Waals surface area contributed by atoms with Crippen LogP contribution in [-0.4, -0.2) is 51.6 Å². The van der Waals surface area contributed by atoms with Crippen LogP contribution < -0.4 is 4.74 Å². The van der Waals surface area contributed by atoms with Gasteiger partial charge in [-0.2, -0.15) is 5.10 Å². The van der Waals surface area contributed by atoms with E-state index in [9.17, 15) is 0 Å². The van der Waals surface area contributed by atoms with Crippen molar-refractivity contribution in [3.8, 4) is 5.75 Å². The minimum Gasteiger partial charge on any atom is -0.492 e. The van der Waals surface area contributed by atoms with Crippen molar-refractivity contribution in [2.75, 3.05) is 26.3 Å². The van der Waals surface area contributed by atoms with Crippen molar-refractivity contribution in [2.45, 2.75) is 51.3 Å². The third-order valence-electron chi connectivity index (χ3n) is 6.09. The zero-order valence-corrected chi connectivity index (χ0v) is 16.2. The molecule has 2 saturated heterocycles. The number of piperidine rings is 1. The van der Waals surface area contributed by atoms with Crippen molar-refractivity contribution in [2.24, 2.45) is 5.92 Å². The van der Waals surface area contributed by atoms with Gasteiger partial charge in [0.15, 0.2) is 0 Å². The molecule has 0 saturated carbocycles. The van der Waals surface area contributed by atoms with E-state index in [1.54, 1.807) is 12.4 Å². The fourth-order valence-corrected chi connectivity index (χ4v) is 4.51. The molecule has 0 amide bonds. The molecule has 0 unspecified atom stereocenters. The first kappa shape index (κ1) is 18.4. The Morgan fingerprint density at radius 2 is 2.19 bits per heavy atom. The van der Waals surface area contributed by atoms with E-state index in [1.165, 1.54) is 5.56 Å². The monoisotopic (exact) mass is 370 g/mol. The van der Waals surface area contributed by atoms with E-state index in [-0.39, 0.29) is 5.60 Å². The highest BCUT2D eigenvalue weighted by Gasteiger charge is 2.45. The summed E-state index contributed by atoms with van der Waals surface area (Å²) < 4.78 is 14.2. The van der Waals surface area contributed by atoms with E-state index in [0.29, 0.717) is 5.92 Å². The molecule has 0 radical (unpaired) electrons. The van der Waals surface area contributed by atoms with Crippen LogP contribution in [0.25, 0.3) is 0 Å². The van der Waals surface area contributed by atoms with Gasteiger partial charge >= 0.3 is 0 Å². The maximum atomic E-state index is 6.31. The van der Waals surface area contributed by atoms with Crippen molar-refractivity contribution in [1.82, 2.24) is 19.7 Å². The largest absolute Gasteiger partial charge is 0.492 e. The molecule has 0 N–H and O–H groups in total. The van der Waals surface area contributed by atoms with Crippen molar-refractivity contribution in [3.05, 3.63) is 42.5 Å². The Morgan fingerprint density at radius 3 is 2.93 bits per heavy atom. The first-order valence-corrected chi connectivity index (χ1v) is 10.2. The molecule has 2 aliphatic heterocycles. The Labute approximate surface area is 161 Å². The molecule has 6 heteroatoms. The standard InChI is InChI=1S/C21H30N4O2/c1-2-25-17-18(14-23-25)16-24-10-7-21(8-11-24)19(6-13-27-21)5-12-26-20-4-3-9-22-15-20/h3-4,9,14-15,17,19H,2,5-8,10-13,16H2,1H3/t19-/m1/s1. The summed E-state index contributed by atoms with van der Waals surface area (Å²) in [7, 11) is 0. The van der Waals surface area contributed by atoms with Gasteiger partial charge in [-0.15, -0.1) is 0 Å². The Balaban J connectivity index is 1.27. The van der Waals surface area contributed by atoms with Crippen LogP contribution in [0.2, 0.25) is 0 Å². The van der Waals surface area contributed by atoms with Gasteiger partial charge in [0.25, 0.3) is 0 Å². The predicted octanol–water partition coefficient (Wildman–Crippen LogP) is 3.14. The zero-order chi connectivity index (χ0) is 18.5. The minimum atomic E-state index is 0.0579. The van der Waals surface area contributed by atoms with Crippen LogP contribution in [0.5, 0.6) is 5.75 Å². The van der Waals surface area contributed by atoms with Gasteiger partial charge in [0.2, 0.25) is 0 Å². The Kier molecular flexibility index (Phi) is 5.74. The number of hydrogen-bond donors (Lipinski definition) is 0. The van der Waals surface area contributed by atoms with E-state index >= 15 is 0 Å². The first-order valence-electron chi connectivity index (χ1n) is 10.2. The lowest BCUT2D eigenvalue weighted by Crippen LogP contribution is -2.47. The Morgan fingerprint density at radius 1 is 1.30 bits per heavy atom. The lowest BCUT2D eigenvalue weighted by Gasteiger charge is -2.42. The van der Waals surface area contributed by atoms with E-state index in [0.717, 1.165) is 70.8 Å². The SMILES string of the molecule is CCn1cc(CN2CCC3(CC2)OCC[C@H]3CCOc2cccnc2)cn1. The van der Waals surface area contributed by atoms with E-state index < -0.39 is 0 Å². The zero-order valence-electron chi connectivity index (χ0n) is 16.2. The number of hydrogen-bond acceptors (Lipinski definition) is 5. The summed E-state index contributed by atoms with van der Waals surface area (Å²) in [4.78, 5) is 6.64. The fraction of sp³-hybridized carbons (Fsp3) is 0.619. The van der Waals surface area contributed by atoms with Crippen LogP contribution in [0, 0.1) is 5.92 Å². The van der Waals surface area contributed by atoms with Crippen LogP contribution in [0.1, 0.15) is 38.2 Å². The molecule has 4 rings (SSSR count). The summed E-state index contributed by atoms with van der Waals surface area (Å²) in [6.07, 6.45) is 12.2. The Hall–Kier alpha value is -1.92. The highest BCUT2D eigenvalue weighted by molar-refractivity contribution is 5.15. The molecule has 0 aromatic carbocycles. The van der Waals surface area contributed by atoms with Gasteiger partial charge in [0.05, 0.1) is 24.6 Å². The molecule has 0 bridgehead atoms. The molecular weight excluding hydrogens is 340 g/mol. The van der Waals surface area contributed by atoms with Crippen LogP contribution in [-0.2, 0) is 17.8 Å². The number of ether oxygens (including phenoxy) is 2. The molecule has 2 aromatic rings. The van der Waals surface area contributed by atoms with Gasteiger partial charge in [-0.05, 0) is 50.7 Å². The number of pyridine rings is 1. The third-order valence-corrected chi connectivity index (χ3v) is 6.09. The topological polar surface area (TPSA) is 52.4 Å². The normalized spacial score (nSPS) is 22.3. The quantitative estimate of drug-likeness (QED) is 0.749. The summed E-state index contributed by atoms with van der Waals surface area (Å²) in [5, 5.41) is 4.39. The second-order valence-electron chi connectivity index (χ2n) is 7.71. The smallest absolute Gasteiger partial charge is 0.137 e. The van der Waals surface area contributed by atoms with Gasteiger partial charge < -0.3 is 9.47 Å². The highest BCUT2D eigenvalue weighted by atomic mass is 16.5. The molecule has 27 heavy (non-hydrogen) atoms. The molecular formula is C21H30N4O2. The molecule has 4 heterocycles. The van der Waals surface area contributed by atoms with Gasteiger partial charge in [-0.25, -0.2) is 0 Å². The average Bonchev–Trinajstić information content (AvgIpc) is 3.32. The van der Waals surface area contributed by atoms with Crippen LogP contribution in [0.4, 0.5) is 0 Å². The number of rotatable bonds is 7. The van der Waals surface area contributed by atoms with Gasteiger partial charge in [-0.1, -0.05) is 0 Å². The van der Waals surface area contributed by atoms with E-state index in [4.69, 9.17) is 9.47 Å². The van der Waals surface area contributed by atoms with Gasteiger partial charge in [0.1, 0.15) is 5.75 Å². The lowest BCUT2D eigenvalue weighted by molar-refractivity contribution is -0.0708. The van der Waals surface area contributed by atoms with E-state index in [1.807, 2.05) is 23.0 Å². The van der Waals surface area contributed by atoms with Crippen LogP contribution in [0.15, 0.2) is 36.9 Å². The fourth-order valence-electron chi connectivity index (χ4n) is 4.51. The molecule has 6 nitrogen and oxygen atoms in total. The summed E-state index contributed by atoms with van der Waals surface area (Å²) in [6.45, 7) is 7.86. The number of aromatic nitrogens is 3. The second-order valence-corrected chi connectivity index (χ2v) is 7.71. The molecule has 2 fully saturated rings. The van der Waals surface area contributed by atoms with Gasteiger partial charge in [0, 0.05) is 50.7 Å². The molecule has 146 valence electrons. The molecule has 2 aromatic heterocycles. The van der Waals surface area contributed by atoms with Crippen molar-refractivity contribution in [3.63, 3.8) is 0 Å². The Bertz CT molecular complexity index is 710. The maximum absolute atomic E-state index is 6.31. The lowest BCUT2D eigenvalue weighted by atomic mass is 9.78. The minimum absolute atomic E-state index is 0.0579. The summed E-state index contributed by atoms with van der Waals surface area (Å²) >= 11 is 0. The summed E-state index contributed by atoms with van der Waals surface area (Å²) in [6, 6.07) is 3.88. The molecule has 0 aliphatic carbocycles. The number of aryl methyl sites for hydroxylation is 1. The highest BCUT2D eigenvalue weighted by Crippen LogP contribution is 2.42. The summed E-state index contributed by atoms with van der Waals surface area (Å²) in [5.41, 5.74) is 1.36. The van der Waals surface area contributed by atoms with E-state index in [2.05, 4.69) is 28.1 Å². The second kappa shape index (κ2) is 8.40. The van der Waals surface area contributed by atoms with Crippen molar-refractivity contribution >= 4 is 0 Å². The average molecular weight is 370 g/mol. The third kappa shape index (κ3) is 4.33. The molecule has 2 aliphatic rings. The number of nitrogens with zero attached hydrogens (tertiary/aromatic N) is 4. The first-order chi connectivity index (χ1) is 13.3. The van der Waals surface area contributed by atoms with Crippen LogP contribution in [0.3, 0.4) is 0 Å². The van der Waals surface area contributed by atoms with Crippen LogP contribution >= 0.6 is 0 Å². The molecule has 1 atom stereocenters. The number of likely N-dealkylation sites (tertiary alicyclic amines) is 1. The summed E-state index contributed by atoms with van der Waals surface area (Å²) in [5.74, 6) is 1.45. The predicted molar refractivity (Wildman–Crippen MR) is 104 cm³/mol. The van der Waals surface area contributed by atoms with Crippen molar-refractivity contribution < 1.29 is 9.47 Å². The maximum Gasteiger partial charge on any atom is 0.137 e. The van der Waals surface area contributed by atoms with Gasteiger partial charge in [-0.3, -0.25) is 14.6 Å². The molecule has 1 spiro atoms.